The normalized spacial score (nSPS) is 11.7. The highest BCUT2D eigenvalue weighted by atomic mass is 32.2. The molecule has 2 aromatic carbocycles. The molecule has 0 fully saturated rings. The zero-order valence-electron chi connectivity index (χ0n) is 18.6. The van der Waals surface area contributed by atoms with E-state index in [9.17, 15) is 8.42 Å². The molecule has 0 bridgehead atoms. The first-order valence-electron chi connectivity index (χ1n) is 10.1. The Morgan fingerprint density at radius 2 is 1.78 bits per heavy atom. The summed E-state index contributed by atoms with van der Waals surface area (Å²) in [5, 5.41) is 3.99. The Morgan fingerprint density at radius 3 is 2.38 bits per heavy atom. The van der Waals surface area contributed by atoms with Gasteiger partial charge in [0.05, 0.1) is 25.7 Å². The number of aromatic nitrogens is 2. The Kier molecular flexibility index (Phi) is 7.32. The van der Waals surface area contributed by atoms with Gasteiger partial charge in [0.25, 0.3) is 0 Å². The number of benzene rings is 2. The summed E-state index contributed by atoms with van der Waals surface area (Å²) in [4.78, 5) is 4.56. The van der Waals surface area contributed by atoms with Crippen molar-refractivity contribution in [3.63, 3.8) is 0 Å². The summed E-state index contributed by atoms with van der Waals surface area (Å²) >= 11 is 0. The largest absolute Gasteiger partial charge is 0.493 e. The fourth-order valence-corrected chi connectivity index (χ4v) is 4.49. The molecule has 0 aliphatic heterocycles. The molecule has 0 spiro atoms. The smallest absolute Gasteiger partial charge is 0.243 e. The fourth-order valence-electron chi connectivity index (χ4n) is 3.13. The van der Waals surface area contributed by atoms with Gasteiger partial charge >= 0.3 is 0 Å². The van der Waals surface area contributed by atoms with E-state index in [-0.39, 0.29) is 23.9 Å². The number of hydrogen-bond acceptors (Lipinski definition) is 7. The number of sulfonamides is 1. The predicted molar refractivity (Wildman–Crippen MR) is 121 cm³/mol. The Morgan fingerprint density at radius 1 is 1.09 bits per heavy atom. The minimum absolute atomic E-state index is 0.0828. The van der Waals surface area contributed by atoms with Crippen molar-refractivity contribution in [2.75, 3.05) is 20.8 Å². The predicted octanol–water partition coefficient (Wildman–Crippen LogP) is 4.25. The van der Waals surface area contributed by atoms with Crippen molar-refractivity contribution < 1.29 is 22.4 Å². The van der Waals surface area contributed by atoms with E-state index in [4.69, 9.17) is 14.0 Å². The van der Waals surface area contributed by atoms with Crippen LogP contribution in [0.3, 0.4) is 0 Å². The maximum atomic E-state index is 13.2. The quantitative estimate of drug-likeness (QED) is 0.420. The summed E-state index contributed by atoms with van der Waals surface area (Å²) in [7, 11) is -0.694. The van der Waals surface area contributed by atoms with Crippen molar-refractivity contribution in [1.82, 2.24) is 14.4 Å². The Balaban J connectivity index is 1.85. The Hall–Kier alpha value is -3.17. The molecule has 0 aliphatic carbocycles. The highest BCUT2D eigenvalue weighted by molar-refractivity contribution is 7.89. The molecule has 0 saturated carbocycles. The third kappa shape index (κ3) is 5.00. The molecule has 9 heteroatoms. The van der Waals surface area contributed by atoms with Crippen molar-refractivity contribution in [3.8, 4) is 22.9 Å². The molecule has 3 aromatic rings. The summed E-state index contributed by atoms with van der Waals surface area (Å²) in [6.45, 7) is 7.80. The second kappa shape index (κ2) is 9.97. The van der Waals surface area contributed by atoms with Crippen LogP contribution in [0.2, 0.25) is 0 Å². The first kappa shape index (κ1) is 23.5. The van der Waals surface area contributed by atoms with Crippen LogP contribution in [0.1, 0.15) is 31.2 Å². The Labute approximate surface area is 188 Å². The Bertz CT molecular complexity index is 1170. The third-order valence-electron chi connectivity index (χ3n) is 4.94. The number of rotatable bonds is 10. The SMILES string of the molecule is C=CCN(Cc1nc(-c2ccc(OC)c(OC)c2)no1)S(=O)(=O)c1ccc(C(C)C)cc1. The minimum atomic E-state index is -3.78. The highest BCUT2D eigenvalue weighted by Gasteiger charge is 2.26. The third-order valence-corrected chi connectivity index (χ3v) is 6.76. The average molecular weight is 458 g/mol. The van der Waals surface area contributed by atoms with Crippen molar-refractivity contribution in [2.24, 2.45) is 0 Å². The molecule has 1 aromatic heterocycles. The highest BCUT2D eigenvalue weighted by Crippen LogP contribution is 2.31. The number of nitrogens with zero attached hydrogens (tertiary/aromatic N) is 3. The fraction of sp³-hybridized carbons (Fsp3) is 0.304. The molecule has 1 heterocycles. The molecule has 3 rings (SSSR count). The topological polar surface area (TPSA) is 94.8 Å². The van der Waals surface area contributed by atoms with Gasteiger partial charge in [0, 0.05) is 12.1 Å². The lowest BCUT2D eigenvalue weighted by Crippen LogP contribution is -2.31. The van der Waals surface area contributed by atoms with E-state index in [2.05, 4.69) is 30.6 Å². The lowest BCUT2D eigenvalue weighted by atomic mass is 10.0. The van der Waals surface area contributed by atoms with Gasteiger partial charge in [0.15, 0.2) is 11.5 Å². The molecule has 0 saturated heterocycles. The van der Waals surface area contributed by atoms with Gasteiger partial charge in [-0.25, -0.2) is 8.42 Å². The lowest BCUT2D eigenvalue weighted by molar-refractivity contribution is 0.327. The zero-order valence-corrected chi connectivity index (χ0v) is 19.4. The molecule has 0 aliphatic rings. The summed E-state index contributed by atoms with van der Waals surface area (Å²) in [5.41, 5.74) is 1.72. The first-order chi connectivity index (χ1) is 15.3. The average Bonchev–Trinajstić information content (AvgIpc) is 3.27. The van der Waals surface area contributed by atoms with Crippen LogP contribution in [0.25, 0.3) is 11.4 Å². The van der Waals surface area contributed by atoms with E-state index < -0.39 is 10.0 Å². The van der Waals surface area contributed by atoms with Crippen LogP contribution >= 0.6 is 0 Å². The van der Waals surface area contributed by atoms with E-state index in [0.29, 0.717) is 28.8 Å². The van der Waals surface area contributed by atoms with Crippen LogP contribution < -0.4 is 9.47 Å². The monoisotopic (exact) mass is 457 g/mol. The van der Waals surface area contributed by atoms with Crippen molar-refractivity contribution >= 4 is 10.0 Å². The number of hydrogen-bond donors (Lipinski definition) is 0. The zero-order chi connectivity index (χ0) is 23.3. The van der Waals surface area contributed by atoms with Crippen LogP contribution in [0.5, 0.6) is 11.5 Å². The van der Waals surface area contributed by atoms with Crippen LogP contribution in [-0.2, 0) is 16.6 Å². The van der Waals surface area contributed by atoms with Crippen LogP contribution in [-0.4, -0.2) is 43.6 Å². The standard InChI is InChI=1S/C23H27N3O5S/c1-6-13-26(32(27,28)19-10-7-17(8-11-19)16(2)3)15-22-24-23(25-31-22)18-9-12-20(29-4)21(14-18)30-5/h6-12,14,16H,1,13,15H2,2-5H3. The molecule has 8 nitrogen and oxygen atoms in total. The summed E-state index contributed by atoms with van der Waals surface area (Å²) in [6.07, 6.45) is 1.52. The van der Waals surface area contributed by atoms with Crippen LogP contribution in [0.15, 0.2) is 64.5 Å². The van der Waals surface area contributed by atoms with E-state index in [1.54, 1.807) is 37.4 Å². The van der Waals surface area contributed by atoms with Crippen LogP contribution in [0.4, 0.5) is 0 Å². The lowest BCUT2D eigenvalue weighted by Gasteiger charge is -2.19. The van der Waals surface area contributed by atoms with Gasteiger partial charge < -0.3 is 14.0 Å². The van der Waals surface area contributed by atoms with E-state index in [0.717, 1.165) is 5.56 Å². The molecule has 0 amide bonds. The van der Waals surface area contributed by atoms with Gasteiger partial charge in [-0.1, -0.05) is 37.2 Å². The van der Waals surface area contributed by atoms with Crippen molar-refractivity contribution in [1.29, 1.82) is 0 Å². The summed E-state index contributed by atoms with van der Waals surface area (Å²) in [5.74, 6) is 1.89. The van der Waals surface area contributed by atoms with E-state index >= 15 is 0 Å². The van der Waals surface area contributed by atoms with E-state index in [1.165, 1.54) is 17.5 Å². The van der Waals surface area contributed by atoms with Gasteiger partial charge in [-0.3, -0.25) is 0 Å². The van der Waals surface area contributed by atoms with Gasteiger partial charge in [-0.15, -0.1) is 6.58 Å². The van der Waals surface area contributed by atoms with Gasteiger partial charge in [0.1, 0.15) is 0 Å². The molecule has 0 unspecified atom stereocenters. The van der Waals surface area contributed by atoms with Crippen molar-refractivity contribution in [3.05, 3.63) is 66.6 Å². The maximum Gasteiger partial charge on any atom is 0.243 e. The molecule has 0 radical (unpaired) electrons. The van der Waals surface area contributed by atoms with E-state index in [1.807, 2.05) is 12.1 Å². The molecule has 32 heavy (non-hydrogen) atoms. The molecule has 0 N–H and O–H groups in total. The number of methoxy groups -OCH3 is 2. The summed E-state index contributed by atoms with van der Waals surface area (Å²) in [6, 6.07) is 12.1. The second-order valence-electron chi connectivity index (χ2n) is 7.39. The molecular weight excluding hydrogens is 430 g/mol. The molecule has 0 atom stereocenters. The summed E-state index contributed by atoms with van der Waals surface area (Å²) < 4.78 is 43.5. The van der Waals surface area contributed by atoms with Crippen LogP contribution in [0, 0.1) is 0 Å². The van der Waals surface area contributed by atoms with Crippen molar-refractivity contribution in [2.45, 2.75) is 31.2 Å². The first-order valence-corrected chi connectivity index (χ1v) is 11.5. The van der Waals surface area contributed by atoms with Gasteiger partial charge in [-0.05, 0) is 41.8 Å². The van der Waals surface area contributed by atoms with Gasteiger partial charge in [-0.2, -0.15) is 9.29 Å². The van der Waals surface area contributed by atoms with Gasteiger partial charge in [0.2, 0.25) is 21.7 Å². The molecule has 170 valence electrons. The minimum Gasteiger partial charge on any atom is -0.493 e. The second-order valence-corrected chi connectivity index (χ2v) is 9.33. The molecular formula is C23H27N3O5S. The number of ether oxygens (including phenoxy) is 2. The maximum absolute atomic E-state index is 13.2.